The van der Waals surface area contributed by atoms with Crippen LogP contribution in [0.15, 0.2) is 10.7 Å². The van der Waals surface area contributed by atoms with Crippen molar-refractivity contribution in [1.29, 1.82) is 0 Å². The second-order valence-corrected chi connectivity index (χ2v) is 6.39. The quantitative estimate of drug-likeness (QED) is 0.840. The normalized spacial score (nSPS) is 12.9. The average Bonchev–Trinajstić information content (AvgIpc) is 2.83. The molecule has 1 aromatic heterocycles. The fourth-order valence-electron chi connectivity index (χ4n) is 1.79. The summed E-state index contributed by atoms with van der Waals surface area (Å²) in [5.41, 5.74) is -0.530. The molecular formula is C15H24N2O5. The van der Waals surface area contributed by atoms with Crippen molar-refractivity contribution in [2.75, 3.05) is 7.11 Å². The van der Waals surface area contributed by atoms with Gasteiger partial charge in [0, 0.05) is 0 Å². The Morgan fingerprint density at radius 3 is 2.50 bits per heavy atom. The maximum Gasteiger partial charge on any atom is 0.408 e. The Balaban J connectivity index is 2.86. The molecule has 1 heterocycles. The molecule has 7 heteroatoms. The molecule has 0 aromatic carbocycles. The lowest BCUT2D eigenvalue weighted by atomic mass is 10.0. The maximum absolute atomic E-state index is 11.9. The molecule has 22 heavy (non-hydrogen) atoms. The van der Waals surface area contributed by atoms with E-state index in [1.54, 1.807) is 20.8 Å². The molecule has 1 amide bonds. The lowest BCUT2D eigenvalue weighted by Gasteiger charge is -2.23. The summed E-state index contributed by atoms with van der Waals surface area (Å²) in [7, 11) is 1.27. The summed E-state index contributed by atoms with van der Waals surface area (Å²) in [5.74, 6) is -0.0519. The maximum atomic E-state index is 11.9. The second-order valence-electron chi connectivity index (χ2n) is 6.39. The Labute approximate surface area is 130 Å². The van der Waals surface area contributed by atoms with Crippen LogP contribution in [0.1, 0.15) is 63.5 Å². The van der Waals surface area contributed by atoms with Crippen molar-refractivity contribution in [1.82, 2.24) is 10.3 Å². The van der Waals surface area contributed by atoms with E-state index in [1.165, 1.54) is 13.4 Å². The van der Waals surface area contributed by atoms with E-state index < -0.39 is 23.7 Å². The van der Waals surface area contributed by atoms with Crippen molar-refractivity contribution in [3.8, 4) is 0 Å². The third-order valence-corrected chi connectivity index (χ3v) is 2.61. The van der Waals surface area contributed by atoms with Crippen LogP contribution in [0.3, 0.4) is 0 Å². The van der Waals surface area contributed by atoms with Gasteiger partial charge in [0.1, 0.15) is 17.9 Å². The molecule has 1 aromatic rings. The van der Waals surface area contributed by atoms with E-state index in [4.69, 9.17) is 9.15 Å². The molecule has 0 saturated heterocycles. The Hall–Kier alpha value is -2.05. The zero-order valence-corrected chi connectivity index (χ0v) is 13.9. The predicted octanol–water partition coefficient (Wildman–Crippen LogP) is 3.07. The summed E-state index contributed by atoms with van der Waals surface area (Å²) in [5, 5.41) is 2.72. The number of nitrogens with one attached hydrogen (secondary N) is 1. The van der Waals surface area contributed by atoms with Crippen LogP contribution in [-0.2, 0) is 9.47 Å². The zero-order chi connectivity index (χ0) is 16.9. The number of alkyl carbamates (subject to hydrolysis) is 1. The molecular weight excluding hydrogens is 288 g/mol. The third kappa shape index (κ3) is 5.75. The van der Waals surface area contributed by atoms with Crippen LogP contribution in [0.5, 0.6) is 0 Å². The van der Waals surface area contributed by atoms with Gasteiger partial charge < -0.3 is 19.2 Å². The van der Waals surface area contributed by atoms with Crippen LogP contribution >= 0.6 is 0 Å². The monoisotopic (exact) mass is 312 g/mol. The Bertz CT molecular complexity index is 516. The molecule has 1 N–H and O–H groups in total. The number of aromatic nitrogens is 1. The van der Waals surface area contributed by atoms with E-state index in [2.05, 4.69) is 15.0 Å². The molecule has 0 aliphatic carbocycles. The number of carbonyl (C=O) groups excluding carboxylic acids is 2. The minimum absolute atomic E-state index is 0.0669. The molecule has 0 fully saturated rings. The van der Waals surface area contributed by atoms with E-state index >= 15 is 0 Å². The Kier molecular flexibility index (Phi) is 5.96. The van der Waals surface area contributed by atoms with Crippen molar-refractivity contribution >= 4 is 12.1 Å². The number of carbonyl (C=O) groups is 2. The largest absolute Gasteiger partial charge is 0.464 e. The zero-order valence-electron chi connectivity index (χ0n) is 13.9. The van der Waals surface area contributed by atoms with Crippen LogP contribution in [0.4, 0.5) is 4.79 Å². The first-order valence-corrected chi connectivity index (χ1v) is 7.15. The van der Waals surface area contributed by atoms with E-state index in [9.17, 15) is 9.59 Å². The van der Waals surface area contributed by atoms with Crippen LogP contribution in [-0.4, -0.2) is 29.8 Å². The minimum Gasteiger partial charge on any atom is -0.464 e. The highest BCUT2D eigenvalue weighted by Gasteiger charge is 2.25. The summed E-state index contributed by atoms with van der Waals surface area (Å²) in [6.45, 7) is 9.36. The number of oxazole rings is 1. The minimum atomic E-state index is -0.597. The summed E-state index contributed by atoms with van der Waals surface area (Å²) in [6.07, 6.45) is 1.25. The first kappa shape index (κ1) is 18.0. The van der Waals surface area contributed by atoms with Crippen molar-refractivity contribution in [2.45, 2.75) is 52.7 Å². The van der Waals surface area contributed by atoms with Gasteiger partial charge in [-0.15, -0.1) is 0 Å². The highest BCUT2D eigenvalue weighted by molar-refractivity contribution is 5.86. The molecule has 0 aliphatic rings. The molecule has 1 atom stereocenters. The van der Waals surface area contributed by atoms with Crippen molar-refractivity contribution in [2.24, 2.45) is 5.92 Å². The lowest BCUT2D eigenvalue weighted by molar-refractivity contribution is 0.0488. The van der Waals surface area contributed by atoms with Crippen molar-refractivity contribution < 1.29 is 23.5 Å². The molecule has 124 valence electrons. The van der Waals surface area contributed by atoms with E-state index in [0.29, 0.717) is 6.42 Å². The van der Waals surface area contributed by atoms with Crippen molar-refractivity contribution in [3.63, 3.8) is 0 Å². The van der Waals surface area contributed by atoms with Gasteiger partial charge in [0.25, 0.3) is 0 Å². The topological polar surface area (TPSA) is 90.7 Å². The number of hydrogen-bond donors (Lipinski definition) is 1. The van der Waals surface area contributed by atoms with Crippen LogP contribution in [0.2, 0.25) is 0 Å². The SMILES string of the molecule is COC(=O)c1coc([C@H](CC(C)C)NC(=O)OC(C)(C)C)n1. The van der Waals surface area contributed by atoms with E-state index in [-0.39, 0.29) is 17.5 Å². The van der Waals surface area contributed by atoms with Crippen LogP contribution in [0, 0.1) is 5.92 Å². The molecule has 0 saturated carbocycles. The van der Waals surface area contributed by atoms with Gasteiger partial charge in [0.05, 0.1) is 7.11 Å². The Morgan fingerprint density at radius 1 is 1.36 bits per heavy atom. The van der Waals surface area contributed by atoms with E-state index in [0.717, 1.165) is 0 Å². The van der Waals surface area contributed by atoms with E-state index in [1.807, 2.05) is 13.8 Å². The fourth-order valence-corrected chi connectivity index (χ4v) is 1.79. The second kappa shape index (κ2) is 7.29. The molecule has 0 spiro atoms. The number of nitrogens with zero attached hydrogens (tertiary/aromatic N) is 1. The highest BCUT2D eigenvalue weighted by Crippen LogP contribution is 2.22. The fraction of sp³-hybridized carbons (Fsp3) is 0.667. The Morgan fingerprint density at radius 2 is 2.00 bits per heavy atom. The van der Waals surface area contributed by atoms with Gasteiger partial charge in [-0.1, -0.05) is 13.8 Å². The first-order chi connectivity index (χ1) is 10.1. The lowest BCUT2D eigenvalue weighted by Crippen LogP contribution is -2.35. The molecule has 0 radical (unpaired) electrons. The number of hydrogen-bond acceptors (Lipinski definition) is 6. The van der Waals surface area contributed by atoms with Gasteiger partial charge in [0.15, 0.2) is 5.69 Å². The highest BCUT2D eigenvalue weighted by atomic mass is 16.6. The molecule has 1 rings (SSSR count). The predicted molar refractivity (Wildman–Crippen MR) is 79.4 cm³/mol. The average molecular weight is 312 g/mol. The van der Waals surface area contributed by atoms with Gasteiger partial charge in [-0.05, 0) is 33.1 Å². The molecule has 7 nitrogen and oxygen atoms in total. The van der Waals surface area contributed by atoms with Gasteiger partial charge in [-0.3, -0.25) is 0 Å². The third-order valence-electron chi connectivity index (χ3n) is 2.61. The summed E-state index contributed by atoms with van der Waals surface area (Å²) in [4.78, 5) is 27.4. The number of ether oxygens (including phenoxy) is 2. The van der Waals surface area contributed by atoms with Crippen molar-refractivity contribution in [3.05, 3.63) is 17.8 Å². The smallest absolute Gasteiger partial charge is 0.408 e. The standard InChI is InChI=1S/C15H24N2O5/c1-9(2)7-10(17-14(19)22-15(3,4)5)12-16-11(8-21-12)13(18)20-6/h8-10H,7H2,1-6H3,(H,17,19)/t10-/m0/s1. The number of rotatable bonds is 5. The molecule has 0 bridgehead atoms. The van der Waals surface area contributed by atoms with Gasteiger partial charge in [0.2, 0.25) is 5.89 Å². The number of methoxy groups -OCH3 is 1. The first-order valence-electron chi connectivity index (χ1n) is 7.15. The molecule has 0 unspecified atom stereocenters. The summed E-state index contributed by atoms with van der Waals surface area (Å²) in [6, 6.07) is -0.478. The van der Waals surface area contributed by atoms with Crippen LogP contribution < -0.4 is 5.32 Å². The van der Waals surface area contributed by atoms with Gasteiger partial charge >= 0.3 is 12.1 Å². The summed E-state index contributed by atoms with van der Waals surface area (Å²) < 4.78 is 15.1. The number of esters is 1. The molecule has 0 aliphatic heterocycles. The van der Waals surface area contributed by atoms with Gasteiger partial charge in [-0.25, -0.2) is 14.6 Å². The van der Waals surface area contributed by atoms with Gasteiger partial charge in [-0.2, -0.15) is 0 Å². The van der Waals surface area contributed by atoms with Crippen LogP contribution in [0.25, 0.3) is 0 Å². The summed E-state index contributed by atoms with van der Waals surface area (Å²) >= 11 is 0. The number of amides is 1.